The minimum atomic E-state index is -3.86. The van der Waals surface area contributed by atoms with E-state index in [4.69, 9.17) is 0 Å². The first-order valence-corrected chi connectivity index (χ1v) is 19.2. The molecule has 51 heavy (non-hydrogen) atoms. The molecule has 1 amide bonds. The van der Waals surface area contributed by atoms with Crippen LogP contribution in [0.25, 0.3) is 0 Å². The zero-order chi connectivity index (χ0) is 35.4. The quantitative estimate of drug-likeness (QED) is 0.274. The van der Waals surface area contributed by atoms with Crippen molar-refractivity contribution in [2.75, 3.05) is 56.8 Å². The summed E-state index contributed by atoms with van der Waals surface area (Å²) in [5, 5.41) is 7.85. The summed E-state index contributed by atoms with van der Waals surface area (Å²) >= 11 is 0. The van der Waals surface area contributed by atoms with Crippen LogP contribution in [0.5, 0.6) is 0 Å². The number of aryl methyl sites for hydroxylation is 1. The van der Waals surface area contributed by atoms with Crippen molar-refractivity contribution in [2.45, 2.75) is 47.3 Å². The molecule has 0 saturated carbocycles. The molecule has 4 aromatic rings. The van der Waals surface area contributed by atoms with Crippen LogP contribution in [0.2, 0.25) is 0 Å². The van der Waals surface area contributed by atoms with E-state index < -0.39 is 15.4 Å². The van der Waals surface area contributed by atoms with Gasteiger partial charge in [0, 0.05) is 61.8 Å². The van der Waals surface area contributed by atoms with Gasteiger partial charge in [-0.05, 0) is 86.0 Å². The summed E-state index contributed by atoms with van der Waals surface area (Å²) < 4.78 is 28.7. The first-order valence-electron chi connectivity index (χ1n) is 17.8. The molecule has 5 aliphatic heterocycles. The Bertz CT molecular complexity index is 2220. The van der Waals surface area contributed by atoms with E-state index >= 15 is 0 Å². The number of hydrogen-bond acceptors (Lipinski definition) is 7. The Balaban J connectivity index is 1.19. The van der Waals surface area contributed by atoms with Crippen LogP contribution in [0.3, 0.4) is 0 Å². The Kier molecular flexibility index (Phi) is 7.08. The summed E-state index contributed by atoms with van der Waals surface area (Å²) in [5.74, 6) is 0.374. The molecule has 5 heterocycles. The number of nitrogens with one attached hydrogen (secondary N) is 2. The Morgan fingerprint density at radius 2 is 1.55 bits per heavy atom. The monoisotopic (exact) mass is 700 g/mol. The molecule has 2 saturated heterocycles. The summed E-state index contributed by atoms with van der Waals surface area (Å²) in [5.41, 5.74) is 6.94. The van der Waals surface area contributed by atoms with Crippen molar-refractivity contribution in [1.82, 2.24) is 14.1 Å². The van der Waals surface area contributed by atoms with E-state index in [1.807, 2.05) is 37.3 Å². The maximum Gasteiger partial charge on any atom is 0.263 e. The first kappa shape index (κ1) is 32.3. The lowest BCUT2D eigenvalue weighted by molar-refractivity contribution is -0.120. The topological polar surface area (TPSA) is 88.2 Å². The second-order valence-electron chi connectivity index (χ2n) is 15.1. The van der Waals surface area contributed by atoms with Gasteiger partial charge in [-0.25, -0.2) is 8.42 Å². The number of likely N-dealkylation sites (tertiary alicyclic amines) is 2. The molecule has 0 bridgehead atoms. The fourth-order valence-corrected chi connectivity index (χ4v) is 11.2. The Hall–Kier alpha value is -4.64. The van der Waals surface area contributed by atoms with Gasteiger partial charge in [-0.3, -0.25) is 18.9 Å². The smallest absolute Gasteiger partial charge is 0.263 e. The number of carbonyl (C=O) groups is 1. The Morgan fingerprint density at radius 3 is 2.33 bits per heavy atom. The van der Waals surface area contributed by atoms with Crippen LogP contribution in [0.15, 0.2) is 108 Å². The number of benzene rings is 4. The minimum Gasteiger partial charge on any atom is -0.369 e. The largest absolute Gasteiger partial charge is 0.369 e. The van der Waals surface area contributed by atoms with Crippen LogP contribution < -0.4 is 15.5 Å². The van der Waals surface area contributed by atoms with Crippen molar-refractivity contribution in [3.05, 3.63) is 131 Å². The lowest BCUT2D eigenvalue weighted by atomic mass is 9.64. The highest BCUT2D eigenvalue weighted by atomic mass is 32.2. The molecule has 9 rings (SSSR count). The Labute approximate surface area is 300 Å². The van der Waals surface area contributed by atoms with Gasteiger partial charge in [0.15, 0.2) is 0 Å². The van der Waals surface area contributed by atoms with Crippen LogP contribution in [0, 0.1) is 12.8 Å². The number of anilines is 3. The average molecular weight is 701 g/mol. The van der Waals surface area contributed by atoms with Crippen molar-refractivity contribution < 1.29 is 13.2 Å². The molecule has 2 N–H and O–H groups in total. The number of sulfonamides is 1. The standard InChI is InChI=1S/C41H44N6O3S/c1-26-17-19-27(20-18-26)51(49,50)46(4)24-22-41(30-13-7-9-16-34(30)47(5)39(41)48)31-14-10-11-28-35-32(25-45(3)37(35)43-36(28)31)40-21-23-44(2)38(40)42-33-15-8-6-12-29(33)40/h6-20,22,24,32,35,37-38,42-43H,21,23,25H2,1-5H3/b24-22+/t32-,35?,37+,38+,40+,41-/m1/s1. The zero-order valence-corrected chi connectivity index (χ0v) is 30.5. The minimum absolute atomic E-state index is 0.0509. The number of carbonyl (C=O) groups excluding carboxylic acids is 1. The molecule has 0 aliphatic carbocycles. The molecule has 5 aliphatic rings. The van der Waals surface area contributed by atoms with E-state index in [9.17, 15) is 13.2 Å². The van der Waals surface area contributed by atoms with Gasteiger partial charge in [0.2, 0.25) is 5.91 Å². The molecule has 4 aromatic carbocycles. The molecule has 9 nitrogen and oxygen atoms in total. The fourth-order valence-electron chi connectivity index (χ4n) is 10.2. The third-order valence-corrected chi connectivity index (χ3v) is 14.4. The molecule has 2 fully saturated rings. The third-order valence-electron chi connectivity index (χ3n) is 12.7. The molecular formula is C41H44N6O3S. The van der Waals surface area contributed by atoms with Gasteiger partial charge in [0.25, 0.3) is 10.0 Å². The SMILES string of the molecule is Cc1ccc(S(=O)(=O)N(C)/C=C/[C@@]2(c3cccc4c3N[C@@H]3C4[C@H]([C@@]45CCN(C)[C@@H]4Nc4ccccc45)CN3C)C(=O)N(C)c3ccccc32)cc1. The first-order chi connectivity index (χ1) is 24.5. The number of amides is 1. The number of nitrogens with zero attached hydrogens (tertiary/aromatic N) is 4. The van der Waals surface area contributed by atoms with Crippen LogP contribution in [-0.4, -0.2) is 82.0 Å². The van der Waals surface area contributed by atoms with Crippen LogP contribution in [0.4, 0.5) is 17.1 Å². The van der Waals surface area contributed by atoms with E-state index in [1.165, 1.54) is 28.2 Å². The molecular weight excluding hydrogens is 657 g/mol. The highest BCUT2D eigenvalue weighted by Gasteiger charge is 2.64. The van der Waals surface area contributed by atoms with Gasteiger partial charge in [-0.1, -0.05) is 72.3 Å². The predicted octanol–water partition coefficient (Wildman–Crippen LogP) is 5.51. The summed E-state index contributed by atoms with van der Waals surface area (Å²) in [6, 6.07) is 29.9. The maximum absolute atomic E-state index is 14.8. The van der Waals surface area contributed by atoms with Gasteiger partial charge in [0.1, 0.15) is 5.41 Å². The number of rotatable bonds is 6. The van der Waals surface area contributed by atoms with Gasteiger partial charge in [-0.15, -0.1) is 0 Å². The van der Waals surface area contributed by atoms with Gasteiger partial charge >= 0.3 is 0 Å². The average Bonchev–Trinajstić information content (AvgIpc) is 3.91. The number of hydrogen-bond donors (Lipinski definition) is 2. The number of fused-ring (bicyclic) bond motifs is 7. The molecule has 6 atom stereocenters. The van der Waals surface area contributed by atoms with Crippen LogP contribution >= 0.6 is 0 Å². The van der Waals surface area contributed by atoms with E-state index in [0.717, 1.165) is 47.6 Å². The molecule has 262 valence electrons. The molecule has 0 radical (unpaired) electrons. The normalized spacial score (nSPS) is 29.4. The number of para-hydroxylation sites is 3. The highest BCUT2D eigenvalue weighted by molar-refractivity contribution is 7.89. The second-order valence-corrected chi connectivity index (χ2v) is 17.1. The second kappa shape index (κ2) is 11.2. The summed E-state index contributed by atoms with van der Waals surface area (Å²) in [7, 11) is 3.91. The van der Waals surface area contributed by atoms with Crippen molar-refractivity contribution in [3.8, 4) is 0 Å². The zero-order valence-electron chi connectivity index (χ0n) is 29.7. The maximum atomic E-state index is 14.8. The predicted molar refractivity (Wildman–Crippen MR) is 201 cm³/mol. The van der Waals surface area contributed by atoms with Gasteiger partial charge < -0.3 is 15.5 Å². The lowest BCUT2D eigenvalue weighted by Gasteiger charge is -2.39. The molecule has 1 unspecified atom stereocenters. The fraction of sp³-hybridized carbons (Fsp3) is 0.341. The van der Waals surface area contributed by atoms with Gasteiger partial charge in [-0.2, -0.15) is 0 Å². The van der Waals surface area contributed by atoms with E-state index in [2.05, 4.69) is 70.9 Å². The lowest BCUT2D eigenvalue weighted by Crippen LogP contribution is -2.48. The highest BCUT2D eigenvalue weighted by Crippen LogP contribution is 2.62. The van der Waals surface area contributed by atoms with Crippen molar-refractivity contribution in [1.29, 1.82) is 0 Å². The Morgan fingerprint density at radius 1 is 0.843 bits per heavy atom. The number of likely N-dealkylation sites (N-methyl/N-ethyl adjacent to an activating group) is 3. The summed E-state index contributed by atoms with van der Waals surface area (Å²) in [4.78, 5) is 21.6. The van der Waals surface area contributed by atoms with Crippen LogP contribution in [-0.2, 0) is 25.6 Å². The summed E-state index contributed by atoms with van der Waals surface area (Å²) in [6.07, 6.45) is 4.69. The molecule has 0 spiro atoms. The van der Waals surface area contributed by atoms with E-state index in [0.29, 0.717) is 5.92 Å². The third kappa shape index (κ3) is 4.27. The van der Waals surface area contributed by atoms with E-state index in [1.54, 1.807) is 48.5 Å². The molecule has 10 heteroatoms. The van der Waals surface area contributed by atoms with Crippen molar-refractivity contribution >= 4 is 33.0 Å². The van der Waals surface area contributed by atoms with E-state index in [-0.39, 0.29) is 34.5 Å². The van der Waals surface area contributed by atoms with Crippen molar-refractivity contribution in [3.63, 3.8) is 0 Å². The summed E-state index contributed by atoms with van der Waals surface area (Å²) in [6.45, 7) is 3.90. The molecule has 0 aromatic heterocycles. The van der Waals surface area contributed by atoms with Crippen LogP contribution in [0.1, 0.15) is 40.2 Å². The van der Waals surface area contributed by atoms with Gasteiger partial charge in [0.05, 0.1) is 17.2 Å². The van der Waals surface area contributed by atoms with Crippen molar-refractivity contribution in [2.24, 2.45) is 5.92 Å².